The van der Waals surface area contributed by atoms with Gasteiger partial charge in [-0.05, 0) is 72.4 Å². The molecule has 0 aliphatic carbocycles. The molecule has 6 heteroatoms. The molecule has 1 heterocycles. The third-order valence-corrected chi connectivity index (χ3v) is 8.10. The van der Waals surface area contributed by atoms with E-state index in [0.717, 1.165) is 40.9 Å². The first-order chi connectivity index (χ1) is 17.0. The molecule has 4 aromatic carbocycles. The maximum Gasteiger partial charge on any atom is 0.264 e. The average Bonchev–Trinajstić information content (AvgIpc) is 2.90. The summed E-state index contributed by atoms with van der Waals surface area (Å²) in [7, 11) is -3.72. The van der Waals surface area contributed by atoms with Gasteiger partial charge in [-0.1, -0.05) is 66.7 Å². The molecule has 0 fully saturated rings. The molecule has 0 unspecified atom stereocenters. The molecule has 1 aliphatic heterocycles. The predicted molar refractivity (Wildman–Crippen MR) is 139 cm³/mol. The van der Waals surface area contributed by atoms with Crippen molar-refractivity contribution in [2.75, 3.05) is 16.2 Å². The third-order valence-electron chi connectivity index (χ3n) is 6.28. The van der Waals surface area contributed by atoms with E-state index in [-0.39, 0.29) is 10.8 Å². The lowest BCUT2D eigenvalue weighted by Crippen LogP contribution is -2.35. The largest absolute Gasteiger partial charge is 0.322 e. The van der Waals surface area contributed by atoms with E-state index in [1.54, 1.807) is 12.1 Å². The van der Waals surface area contributed by atoms with Crippen molar-refractivity contribution in [1.82, 2.24) is 0 Å². The summed E-state index contributed by atoms with van der Waals surface area (Å²) in [6, 6.07) is 31.5. The Kier molecular flexibility index (Phi) is 6.38. The maximum atomic E-state index is 13.4. The summed E-state index contributed by atoms with van der Waals surface area (Å²) in [6.45, 7) is 0.444. The van der Waals surface area contributed by atoms with Crippen molar-refractivity contribution in [3.63, 3.8) is 0 Å². The number of fused-ring (bicyclic) bond motifs is 1. The summed E-state index contributed by atoms with van der Waals surface area (Å²) in [4.78, 5) is 13.2. The number of hydrogen-bond donors (Lipinski definition) is 1. The van der Waals surface area contributed by atoms with E-state index in [1.807, 2.05) is 66.7 Å². The van der Waals surface area contributed by atoms with Crippen LogP contribution in [0.25, 0.3) is 0 Å². The summed E-state index contributed by atoms with van der Waals surface area (Å²) in [6.07, 6.45) is 2.35. The first-order valence-electron chi connectivity index (χ1n) is 11.7. The number of carbonyl (C=O) groups excluding carboxylic acids is 1. The number of nitrogens with one attached hydrogen (secondary N) is 1. The smallest absolute Gasteiger partial charge is 0.264 e. The summed E-state index contributed by atoms with van der Waals surface area (Å²) in [5.41, 5.74) is 5.07. The van der Waals surface area contributed by atoms with Crippen LogP contribution in [0.2, 0.25) is 0 Å². The van der Waals surface area contributed by atoms with Crippen LogP contribution < -0.4 is 9.62 Å². The Morgan fingerprint density at radius 1 is 0.800 bits per heavy atom. The number of nitrogens with zero attached hydrogens (tertiary/aromatic N) is 1. The van der Waals surface area contributed by atoms with Crippen LogP contribution in [0.5, 0.6) is 0 Å². The predicted octanol–water partition coefficient (Wildman–Crippen LogP) is 5.67. The highest BCUT2D eigenvalue weighted by Crippen LogP contribution is 2.32. The van der Waals surface area contributed by atoms with E-state index >= 15 is 0 Å². The van der Waals surface area contributed by atoms with Crippen molar-refractivity contribution in [3.05, 3.63) is 125 Å². The minimum absolute atomic E-state index is 0.176. The fraction of sp³-hybridized carbons (Fsp3) is 0.138. The number of sulfonamides is 1. The highest BCUT2D eigenvalue weighted by atomic mass is 32.2. The van der Waals surface area contributed by atoms with Gasteiger partial charge in [0.05, 0.1) is 10.6 Å². The zero-order valence-electron chi connectivity index (χ0n) is 19.2. The van der Waals surface area contributed by atoms with E-state index in [2.05, 4.69) is 17.4 Å². The SMILES string of the molecule is O=C(Nc1ccccc1Cc1ccccc1)c1ccc(S(=O)(=O)N2CCCc3ccccc32)cc1. The van der Waals surface area contributed by atoms with Crippen LogP contribution in [0.1, 0.15) is 33.5 Å². The molecule has 0 saturated carbocycles. The summed E-state index contributed by atoms with van der Waals surface area (Å²) in [5.74, 6) is -0.280. The third kappa shape index (κ3) is 4.84. The van der Waals surface area contributed by atoms with E-state index in [4.69, 9.17) is 0 Å². The highest BCUT2D eigenvalue weighted by molar-refractivity contribution is 7.92. The van der Waals surface area contributed by atoms with Crippen LogP contribution in [0.3, 0.4) is 0 Å². The number of carbonyl (C=O) groups is 1. The van der Waals surface area contributed by atoms with Crippen LogP contribution in [-0.2, 0) is 22.9 Å². The molecule has 0 radical (unpaired) electrons. The molecule has 0 aromatic heterocycles. The van der Waals surface area contributed by atoms with E-state index in [9.17, 15) is 13.2 Å². The van der Waals surface area contributed by atoms with Crippen LogP contribution in [0, 0.1) is 0 Å². The lowest BCUT2D eigenvalue weighted by molar-refractivity contribution is 0.102. The molecular formula is C29H26N2O3S. The second kappa shape index (κ2) is 9.76. The molecule has 1 N–H and O–H groups in total. The van der Waals surface area contributed by atoms with Gasteiger partial charge in [0, 0.05) is 17.8 Å². The molecule has 35 heavy (non-hydrogen) atoms. The lowest BCUT2D eigenvalue weighted by atomic mass is 10.0. The monoisotopic (exact) mass is 482 g/mol. The highest BCUT2D eigenvalue weighted by Gasteiger charge is 2.29. The van der Waals surface area contributed by atoms with Crippen molar-refractivity contribution in [2.24, 2.45) is 0 Å². The Balaban J connectivity index is 1.34. The normalized spacial score (nSPS) is 13.2. The van der Waals surface area contributed by atoms with Gasteiger partial charge in [0.2, 0.25) is 0 Å². The molecule has 5 nitrogen and oxygen atoms in total. The molecule has 0 spiro atoms. The van der Waals surface area contributed by atoms with Crippen molar-refractivity contribution < 1.29 is 13.2 Å². The number of amides is 1. The number of para-hydroxylation sites is 2. The quantitative estimate of drug-likeness (QED) is 0.385. The first kappa shape index (κ1) is 22.9. The van der Waals surface area contributed by atoms with E-state index < -0.39 is 10.0 Å². The van der Waals surface area contributed by atoms with Crippen LogP contribution >= 0.6 is 0 Å². The van der Waals surface area contributed by atoms with Gasteiger partial charge in [-0.2, -0.15) is 0 Å². The Bertz CT molecular complexity index is 1450. The lowest BCUT2D eigenvalue weighted by Gasteiger charge is -2.30. The van der Waals surface area contributed by atoms with Gasteiger partial charge in [0.1, 0.15) is 0 Å². The Labute approximate surface area is 206 Å². The minimum Gasteiger partial charge on any atom is -0.322 e. The number of aryl methyl sites for hydroxylation is 1. The second-order valence-electron chi connectivity index (χ2n) is 8.61. The van der Waals surface area contributed by atoms with Gasteiger partial charge >= 0.3 is 0 Å². The van der Waals surface area contributed by atoms with Gasteiger partial charge in [0.25, 0.3) is 15.9 Å². The number of benzene rings is 4. The van der Waals surface area contributed by atoms with Gasteiger partial charge in [-0.15, -0.1) is 0 Å². The molecule has 1 amide bonds. The summed E-state index contributed by atoms with van der Waals surface area (Å²) < 4.78 is 28.2. The Morgan fingerprint density at radius 3 is 2.29 bits per heavy atom. The van der Waals surface area contributed by atoms with Crippen molar-refractivity contribution in [1.29, 1.82) is 0 Å². The number of rotatable bonds is 6. The first-order valence-corrected chi connectivity index (χ1v) is 13.1. The Hall–Kier alpha value is -3.90. The molecule has 1 aliphatic rings. The number of hydrogen-bond acceptors (Lipinski definition) is 3. The maximum absolute atomic E-state index is 13.4. The Morgan fingerprint density at radius 2 is 1.49 bits per heavy atom. The zero-order chi connectivity index (χ0) is 24.3. The molecule has 4 aromatic rings. The van der Waals surface area contributed by atoms with Crippen molar-refractivity contribution in [2.45, 2.75) is 24.2 Å². The molecule has 0 atom stereocenters. The number of anilines is 2. The van der Waals surface area contributed by atoms with Crippen LogP contribution in [0.4, 0.5) is 11.4 Å². The average molecular weight is 483 g/mol. The van der Waals surface area contributed by atoms with Crippen molar-refractivity contribution >= 4 is 27.3 Å². The second-order valence-corrected chi connectivity index (χ2v) is 10.5. The van der Waals surface area contributed by atoms with Gasteiger partial charge in [-0.25, -0.2) is 8.42 Å². The summed E-state index contributed by atoms with van der Waals surface area (Å²) >= 11 is 0. The van der Waals surface area contributed by atoms with Gasteiger partial charge in [0.15, 0.2) is 0 Å². The topological polar surface area (TPSA) is 66.5 Å². The molecule has 0 saturated heterocycles. The minimum atomic E-state index is -3.72. The van der Waals surface area contributed by atoms with E-state index in [0.29, 0.717) is 18.5 Å². The fourth-order valence-corrected chi connectivity index (χ4v) is 6.00. The summed E-state index contributed by atoms with van der Waals surface area (Å²) in [5, 5.41) is 2.98. The molecule has 5 rings (SSSR count). The van der Waals surface area contributed by atoms with Crippen molar-refractivity contribution in [3.8, 4) is 0 Å². The van der Waals surface area contributed by atoms with E-state index in [1.165, 1.54) is 16.4 Å². The zero-order valence-corrected chi connectivity index (χ0v) is 20.0. The molecule has 176 valence electrons. The van der Waals surface area contributed by atoms with Gasteiger partial charge < -0.3 is 5.32 Å². The molecular weight excluding hydrogens is 456 g/mol. The standard InChI is InChI=1S/C29H26N2O3S/c32-29(30-27-14-6-4-12-25(27)21-22-9-2-1-3-10-22)24-16-18-26(19-17-24)35(33,34)31-20-8-13-23-11-5-7-15-28(23)31/h1-7,9-12,14-19H,8,13,20-21H2,(H,30,32). The van der Waals surface area contributed by atoms with Crippen LogP contribution in [-0.4, -0.2) is 20.9 Å². The van der Waals surface area contributed by atoms with Gasteiger partial charge in [-0.3, -0.25) is 9.10 Å². The van der Waals surface area contributed by atoms with Crippen LogP contribution in [0.15, 0.2) is 108 Å². The fourth-order valence-electron chi connectivity index (χ4n) is 4.46. The molecule has 0 bridgehead atoms.